The molecule has 0 bridgehead atoms. The molecule has 16 heavy (non-hydrogen) atoms. The Hall–Kier alpha value is -1.07. The van der Waals surface area contributed by atoms with Gasteiger partial charge in [-0.15, -0.1) is 0 Å². The molecule has 0 saturated heterocycles. The Morgan fingerprint density at radius 3 is 2.75 bits per heavy atom. The summed E-state index contributed by atoms with van der Waals surface area (Å²) in [5.41, 5.74) is 1.17. The fourth-order valence-corrected chi connectivity index (χ4v) is 3.41. The molecule has 1 heterocycles. The standard InChI is InChI=1S/C11H15NO3S/c1-11(2)7-12-10-8(6-13)4-3-5-9(10)16(11,14)15/h3-5,12-13H,6-7H2,1-2H3. The maximum atomic E-state index is 12.3. The van der Waals surface area contributed by atoms with Crippen LogP contribution >= 0.6 is 0 Å². The molecule has 1 aliphatic heterocycles. The zero-order valence-electron chi connectivity index (χ0n) is 9.32. The highest BCUT2D eigenvalue weighted by Gasteiger charge is 2.41. The molecule has 1 aromatic carbocycles. The fourth-order valence-electron chi connectivity index (χ4n) is 1.83. The van der Waals surface area contributed by atoms with Gasteiger partial charge in [0.2, 0.25) is 0 Å². The van der Waals surface area contributed by atoms with Crippen molar-refractivity contribution in [3.63, 3.8) is 0 Å². The first-order valence-electron chi connectivity index (χ1n) is 5.11. The maximum Gasteiger partial charge on any atom is 0.187 e. The van der Waals surface area contributed by atoms with Crippen LogP contribution in [0.4, 0.5) is 5.69 Å². The molecule has 0 aromatic heterocycles. The number of nitrogens with one attached hydrogen (secondary N) is 1. The highest BCUT2D eigenvalue weighted by atomic mass is 32.2. The van der Waals surface area contributed by atoms with Crippen LogP contribution in [0.1, 0.15) is 19.4 Å². The van der Waals surface area contributed by atoms with Crippen molar-refractivity contribution in [3.8, 4) is 0 Å². The number of para-hydroxylation sites is 1. The first-order chi connectivity index (χ1) is 7.40. The summed E-state index contributed by atoms with van der Waals surface area (Å²) in [5.74, 6) is 0. The monoisotopic (exact) mass is 241 g/mol. The quantitative estimate of drug-likeness (QED) is 0.774. The average molecular weight is 241 g/mol. The molecule has 2 N–H and O–H groups in total. The Kier molecular flexibility index (Phi) is 2.47. The number of aliphatic hydroxyl groups is 1. The van der Waals surface area contributed by atoms with Gasteiger partial charge in [0.1, 0.15) is 0 Å². The van der Waals surface area contributed by atoms with Gasteiger partial charge in [-0.25, -0.2) is 8.42 Å². The zero-order chi connectivity index (χ0) is 12.0. The summed E-state index contributed by atoms with van der Waals surface area (Å²) in [4.78, 5) is 0.287. The number of sulfone groups is 1. The molecule has 0 radical (unpaired) electrons. The zero-order valence-corrected chi connectivity index (χ0v) is 10.1. The van der Waals surface area contributed by atoms with E-state index in [1.165, 1.54) is 0 Å². The van der Waals surface area contributed by atoms with Crippen molar-refractivity contribution in [3.05, 3.63) is 23.8 Å². The molecule has 0 spiro atoms. The van der Waals surface area contributed by atoms with E-state index in [2.05, 4.69) is 5.32 Å². The van der Waals surface area contributed by atoms with Gasteiger partial charge in [-0.3, -0.25) is 0 Å². The van der Waals surface area contributed by atoms with Crippen LogP contribution in [0.5, 0.6) is 0 Å². The molecule has 0 aliphatic carbocycles. The van der Waals surface area contributed by atoms with Crippen LogP contribution in [-0.4, -0.2) is 24.8 Å². The van der Waals surface area contributed by atoms with Crippen LogP contribution in [0.2, 0.25) is 0 Å². The summed E-state index contributed by atoms with van der Waals surface area (Å²) in [6.07, 6.45) is 0. The van der Waals surface area contributed by atoms with Gasteiger partial charge >= 0.3 is 0 Å². The number of fused-ring (bicyclic) bond motifs is 1. The van der Waals surface area contributed by atoms with Gasteiger partial charge in [-0.1, -0.05) is 12.1 Å². The number of hydrogen-bond acceptors (Lipinski definition) is 4. The summed E-state index contributed by atoms with van der Waals surface area (Å²) in [7, 11) is -3.33. The second-order valence-electron chi connectivity index (χ2n) is 4.57. The topological polar surface area (TPSA) is 66.4 Å². The molecule has 0 saturated carbocycles. The van der Waals surface area contributed by atoms with E-state index in [1.54, 1.807) is 32.0 Å². The van der Waals surface area contributed by atoms with Crippen molar-refractivity contribution in [2.45, 2.75) is 30.1 Å². The van der Waals surface area contributed by atoms with E-state index in [1.807, 2.05) is 0 Å². The van der Waals surface area contributed by atoms with E-state index >= 15 is 0 Å². The van der Waals surface area contributed by atoms with E-state index in [0.717, 1.165) is 0 Å². The minimum atomic E-state index is -3.33. The van der Waals surface area contributed by atoms with Crippen LogP contribution in [0.15, 0.2) is 23.1 Å². The molecular formula is C11H15NO3S. The molecule has 0 amide bonds. The van der Waals surface area contributed by atoms with E-state index < -0.39 is 14.6 Å². The summed E-state index contributed by atoms with van der Waals surface area (Å²) in [6.45, 7) is 3.60. The van der Waals surface area contributed by atoms with E-state index in [-0.39, 0.29) is 11.5 Å². The van der Waals surface area contributed by atoms with Crippen molar-refractivity contribution in [2.24, 2.45) is 0 Å². The average Bonchev–Trinajstić information content (AvgIpc) is 2.24. The lowest BCUT2D eigenvalue weighted by molar-refractivity contribution is 0.282. The second-order valence-corrected chi connectivity index (χ2v) is 7.12. The van der Waals surface area contributed by atoms with E-state index in [0.29, 0.717) is 17.8 Å². The van der Waals surface area contributed by atoms with Crippen molar-refractivity contribution >= 4 is 15.5 Å². The Morgan fingerprint density at radius 2 is 2.12 bits per heavy atom. The number of rotatable bonds is 1. The number of anilines is 1. The predicted molar refractivity (Wildman–Crippen MR) is 62.1 cm³/mol. The smallest absolute Gasteiger partial charge is 0.187 e. The minimum Gasteiger partial charge on any atom is -0.392 e. The maximum absolute atomic E-state index is 12.3. The lowest BCUT2D eigenvalue weighted by Gasteiger charge is -2.33. The molecule has 88 valence electrons. The molecule has 5 heteroatoms. The van der Waals surface area contributed by atoms with Gasteiger partial charge in [0.05, 0.1) is 21.9 Å². The van der Waals surface area contributed by atoms with Crippen LogP contribution in [0.25, 0.3) is 0 Å². The third-order valence-electron chi connectivity index (χ3n) is 2.99. The second kappa shape index (κ2) is 3.46. The first kappa shape index (κ1) is 11.4. The summed E-state index contributed by atoms with van der Waals surface area (Å²) in [5, 5.41) is 12.2. The van der Waals surface area contributed by atoms with Gasteiger partial charge in [0.15, 0.2) is 9.84 Å². The first-order valence-corrected chi connectivity index (χ1v) is 6.60. The molecule has 4 nitrogen and oxygen atoms in total. The predicted octanol–water partition coefficient (Wildman–Crippen LogP) is 1.16. The third kappa shape index (κ3) is 1.43. The van der Waals surface area contributed by atoms with Crippen LogP contribution < -0.4 is 5.32 Å². The lowest BCUT2D eigenvalue weighted by Crippen LogP contribution is -2.43. The number of aliphatic hydroxyl groups excluding tert-OH is 1. The van der Waals surface area contributed by atoms with Gasteiger partial charge in [0, 0.05) is 12.1 Å². The molecular weight excluding hydrogens is 226 g/mol. The Balaban J connectivity index is 2.71. The Bertz CT molecular complexity index is 520. The SMILES string of the molecule is CC1(C)CNc2c(CO)cccc2S1(=O)=O. The van der Waals surface area contributed by atoms with Crippen LogP contribution in [-0.2, 0) is 16.4 Å². The fraction of sp³-hybridized carbons (Fsp3) is 0.455. The number of hydrogen-bond donors (Lipinski definition) is 2. The van der Waals surface area contributed by atoms with E-state index in [9.17, 15) is 8.42 Å². The highest BCUT2D eigenvalue weighted by Crippen LogP contribution is 2.37. The van der Waals surface area contributed by atoms with E-state index in [4.69, 9.17) is 5.11 Å². The molecule has 0 unspecified atom stereocenters. The minimum absolute atomic E-state index is 0.161. The largest absolute Gasteiger partial charge is 0.392 e. The molecule has 1 aromatic rings. The van der Waals surface area contributed by atoms with Crippen LogP contribution in [0.3, 0.4) is 0 Å². The summed E-state index contributed by atoms with van der Waals surface area (Å²) in [6, 6.07) is 4.96. The molecule has 0 atom stereocenters. The Labute approximate surface area is 95.2 Å². The molecule has 1 aliphatic rings. The number of benzene rings is 1. The highest BCUT2D eigenvalue weighted by molar-refractivity contribution is 7.93. The van der Waals surface area contributed by atoms with Gasteiger partial charge in [0.25, 0.3) is 0 Å². The summed E-state index contributed by atoms with van der Waals surface area (Å²) < 4.78 is 23.7. The van der Waals surface area contributed by atoms with Gasteiger partial charge in [-0.2, -0.15) is 0 Å². The summed E-state index contributed by atoms with van der Waals surface area (Å²) >= 11 is 0. The van der Waals surface area contributed by atoms with Crippen molar-refractivity contribution < 1.29 is 13.5 Å². The normalized spacial score (nSPS) is 20.9. The Morgan fingerprint density at radius 1 is 1.44 bits per heavy atom. The van der Waals surface area contributed by atoms with Crippen molar-refractivity contribution in [1.29, 1.82) is 0 Å². The van der Waals surface area contributed by atoms with Crippen molar-refractivity contribution in [2.75, 3.05) is 11.9 Å². The molecule has 0 fully saturated rings. The van der Waals surface area contributed by atoms with Crippen molar-refractivity contribution in [1.82, 2.24) is 0 Å². The third-order valence-corrected chi connectivity index (χ3v) is 5.51. The molecule has 2 rings (SSSR count). The van der Waals surface area contributed by atoms with Gasteiger partial charge in [-0.05, 0) is 19.9 Å². The van der Waals surface area contributed by atoms with Crippen LogP contribution in [0, 0.1) is 0 Å². The van der Waals surface area contributed by atoms with Gasteiger partial charge < -0.3 is 10.4 Å². The lowest BCUT2D eigenvalue weighted by atomic mass is 10.1.